The molecule has 0 bridgehead atoms. The van der Waals surface area contributed by atoms with Crippen molar-refractivity contribution in [3.63, 3.8) is 0 Å². The SMILES string of the molecule is COc1ccccc1C(Cl)c1ccc(Br)s1. The molecule has 0 fully saturated rings. The Bertz CT molecular complexity index is 483. The van der Waals surface area contributed by atoms with Crippen LogP contribution in [-0.2, 0) is 0 Å². The monoisotopic (exact) mass is 316 g/mol. The summed E-state index contributed by atoms with van der Waals surface area (Å²) in [4.78, 5) is 1.11. The van der Waals surface area contributed by atoms with E-state index in [0.717, 1.165) is 20.0 Å². The van der Waals surface area contributed by atoms with E-state index in [1.807, 2.05) is 36.4 Å². The summed E-state index contributed by atoms with van der Waals surface area (Å²) in [5.74, 6) is 0.826. The zero-order valence-electron chi connectivity index (χ0n) is 8.61. The molecule has 16 heavy (non-hydrogen) atoms. The molecule has 1 nitrogen and oxygen atoms in total. The Morgan fingerprint density at radius 3 is 2.62 bits per heavy atom. The standard InChI is InChI=1S/C12H10BrClOS/c1-15-9-5-3-2-4-8(9)12(14)10-6-7-11(13)16-10/h2-7,12H,1H3. The summed E-state index contributed by atoms with van der Waals surface area (Å²) in [6.07, 6.45) is 0. The molecule has 0 amide bonds. The van der Waals surface area contributed by atoms with Crippen LogP contribution in [0.4, 0.5) is 0 Å². The molecular formula is C12H10BrClOS. The van der Waals surface area contributed by atoms with Crippen LogP contribution < -0.4 is 4.74 Å². The smallest absolute Gasteiger partial charge is 0.123 e. The van der Waals surface area contributed by atoms with E-state index in [2.05, 4.69) is 15.9 Å². The lowest BCUT2D eigenvalue weighted by molar-refractivity contribution is 0.410. The van der Waals surface area contributed by atoms with Gasteiger partial charge in [-0.3, -0.25) is 0 Å². The lowest BCUT2D eigenvalue weighted by atomic mass is 10.1. The van der Waals surface area contributed by atoms with Gasteiger partial charge in [-0.25, -0.2) is 0 Å². The van der Waals surface area contributed by atoms with Gasteiger partial charge in [0.2, 0.25) is 0 Å². The average Bonchev–Trinajstić information content (AvgIpc) is 2.75. The largest absolute Gasteiger partial charge is 0.496 e. The van der Waals surface area contributed by atoms with Crippen molar-refractivity contribution >= 4 is 38.9 Å². The quantitative estimate of drug-likeness (QED) is 0.736. The first-order valence-electron chi connectivity index (χ1n) is 4.74. The number of thiophene rings is 1. The van der Waals surface area contributed by atoms with E-state index in [4.69, 9.17) is 16.3 Å². The van der Waals surface area contributed by atoms with Crippen molar-refractivity contribution in [1.29, 1.82) is 0 Å². The summed E-state index contributed by atoms with van der Waals surface area (Å²) in [5.41, 5.74) is 1.00. The number of ether oxygens (including phenoxy) is 1. The van der Waals surface area contributed by atoms with E-state index < -0.39 is 0 Å². The van der Waals surface area contributed by atoms with Crippen molar-refractivity contribution in [2.24, 2.45) is 0 Å². The Kier molecular flexibility index (Phi) is 3.90. The Balaban J connectivity index is 2.36. The zero-order valence-corrected chi connectivity index (χ0v) is 11.8. The number of alkyl halides is 1. The average molecular weight is 318 g/mol. The summed E-state index contributed by atoms with van der Waals surface area (Å²) in [6, 6.07) is 11.9. The summed E-state index contributed by atoms with van der Waals surface area (Å²) in [5, 5.41) is -0.160. The summed E-state index contributed by atoms with van der Waals surface area (Å²) < 4.78 is 6.39. The van der Waals surface area contributed by atoms with Crippen molar-refractivity contribution in [2.45, 2.75) is 5.38 Å². The highest BCUT2D eigenvalue weighted by molar-refractivity contribution is 9.11. The van der Waals surface area contributed by atoms with Gasteiger partial charge in [0.1, 0.15) is 5.75 Å². The number of para-hydroxylation sites is 1. The highest BCUT2D eigenvalue weighted by Crippen LogP contribution is 2.39. The van der Waals surface area contributed by atoms with Crippen LogP contribution >= 0.6 is 38.9 Å². The fourth-order valence-electron chi connectivity index (χ4n) is 1.49. The molecule has 1 aromatic heterocycles. The molecule has 0 spiro atoms. The second-order valence-electron chi connectivity index (χ2n) is 3.25. The fraction of sp³-hybridized carbons (Fsp3) is 0.167. The number of hydrogen-bond donors (Lipinski definition) is 0. The Labute approximate surface area is 112 Å². The zero-order chi connectivity index (χ0) is 11.5. The molecule has 0 aliphatic heterocycles. The first-order valence-corrected chi connectivity index (χ1v) is 6.79. The van der Waals surface area contributed by atoms with Gasteiger partial charge in [-0.2, -0.15) is 0 Å². The number of benzene rings is 1. The molecule has 0 radical (unpaired) electrons. The van der Waals surface area contributed by atoms with Gasteiger partial charge in [-0.05, 0) is 34.1 Å². The van der Waals surface area contributed by atoms with Gasteiger partial charge in [-0.1, -0.05) is 18.2 Å². The molecule has 0 aliphatic carbocycles. The van der Waals surface area contributed by atoms with Crippen LogP contribution in [0.15, 0.2) is 40.2 Å². The molecule has 4 heteroatoms. The van der Waals surface area contributed by atoms with Gasteiger partial charge in [0.05, 0.1) is 16.3 Å². The molecule has 2 rings (SSSR count). The third-order valence-corrected chi connectivity index (χ3v) is 4.54. The second kappa shape index (κ2) is 5.21. The van der Waals surface area contributed by atoms with E-state index in [1.165, 1.54) is 0 Å². The molecule has 1 heterocycles. The first-order chi connectivity index (χ1) is 7.72. The Morgan fingerprint density at radius 1 is 1.25 bits per heavy atom. The molecule has 1 unspecified atom stereocenters. The predicted molar refractivity (Wildman–Crippen MR) is 72.7 cm³/mol. The van der Waals surface area contributed by atoms with E-state index in [0.29, 0.717) is 0 Å². The van der Waals surface area contributed by atoms with E-state index >= 15 is 0 Å². The minimum absolute atomic E-state index is 0.160. The molecule has 0 saturated carbocycles. The molecule has 0 saturated heterocycles. The molecule has 84 valence electrons. The predicted octanol–water partition coefficient (Wildman–Crippen LogP) is 4.85. The number of hydrogen-bond acceptors (Lipinski definition) is 2. The number of methoxy groups -OCH3 is 1. The molecule has 2 aromatic rings. The number of halogens is 2. The molecule has 0 aliphatic rings. The van der Waals surface area contributed by atoms with E-state index in [9.17, 15) is 0 Å². The van der Waals surface area contributed by atoms with Crippen LogP contribution in [0.2, 0.25) is 0 Å². The second-order valence-corrected chi connectivity index (χ2v) is 6.18. The highest BCUT2D eigenvalue weighted by Gasteiger charge is 2.16. The van der Waals surface area contributed by atoms with Gasteiger partial charge in [0.25, 0.3) is 0 Å². The third-order valence-electron chi connectivity index (χ3n) is 2.26. The Hall–Kier alpha value is -0.510. The normalized spacial score (nSPS) is 12.4. The molecule has 1 atom stereocenters. The van der Waals surface area contributed by atoms with Crippen molar-refractivity contribution in [3.8, 4) is 5.75 Å². The Morgan fingerprint density at radius 2 is 2.00 bits per heavy atom. The number of rotatable bonds is 3. The topological polar surface area (TPSA) is 9.23 Å². The van der Waals surface area contributed by atoms with Crippen molar-refractivity contribution < 1.29 is 4.74 Å². The fourth-order valence-corrected chi connectivity index (χ4v) is 3.30. The van der Waals surface area contributed by atoms with Gasteiger partial charge >= 0.3 is 0 Å². The van der Waals surface area contributed by atoms with Gasteiger partial charge in [0, 0.05) is 10.4 Å². The van der Waals surface area contributed by atoms with Crippen LogP contribution in [0.1, 0.15) is 15.8 Å². The van der Waals surface area contributed by atoms with Gasteiger partial charge in [0.15, 0.2) is 0 Å². The van der Waals surface area contributed by atoms with Crippen molar-refractivity contribution in [3.05, 3.63) is 50.6 Å². The minimum atomic E-state index is -0.160. The maximum atomic E-state index is 6.44. The lowest BCUT2D eigenvalue weighted by Gasteiger charge is -2.12. The van der Waals surface area contributed by atoms with E-state index in [1.54, 1.807) is 18.4 Å². The van der Waals surface area contributed by atoms with Crippen molar-refractivity contribution in [1.82, 2.24) is 0 Å². The van der Waals surface area contributed by atoms with Crippen LogP contribution in [0.5, 0.6) is 5.75 Å². The maximum Gasteiger partial charge on any atom is 0.123 e. The summed E-state index contributed by atoms with van der Waals surface area (Å²) in [6.45, 7) is 0. The molecule has 0 N–H and O–H groups in total. The third kappa shape index (κ3) is 2.42. The highest BCUT2D eigenvalue weighted by atomic mass is 79.9. The van der Waals surface area contributed by atoms with Crippen molar-refractivity contribution in [2.75, 3.05) is 7.11 Å². The maximum absolute atomic E-state index is 6.44. The summed E-state index contributed by atoms with van der Waals surface area (Å²) >= 11 is 11.5. The first kappa shape index (κ1) is 12.0. The van der Waals surface area contributed by atoms with Crippen LogP contribution in [0, 0.1) is 0 Å². The lowest BCUT2D eigenvalue weighted by Crippen LogP contribution is -1.94. The molecular weight excluding hydrogens is 308 g/mol. The molecule has 1 aromatic carbocycles. The van der Waals surface area contributed by atoms with E-state index in [-0.39, 0.29) is 5.38 Å². The van der Waals surface area contributed by atoms with Gasteiger partial charge < -0.3 is 4.74 Å². The summed E-state index contributed by atoms with van der Waals surface area (Å²) in [7, 11) is 1.66. The van der Waals surface area contributed by atoms with Gasteiger partial charge in [-0.15, -0.1) is 22.9 Å². The van der Waals surface area contributed by atoms with Crippen LogP contribution in [0.25, 0.3) is 0 Å². The van der Waals surface area contributed by atoms with Crippen LogP contribution in [-0.4, -0.2) is 7.11 Å². The van der Waals surface area contributed by atoms with Crippen LogP contribution in [0.3, 0.4) is 0 Å². The minimum Gasteiger partial charge on any atom is -0.496 e.